The van der Waals surface area contributed by atoms with Crippen molar-refractivity contribution in [2.45, 2.75) is 26.2 Å². The predicted molar refractivity (Wildman–Crippen MR) is 53.7 cm³/mol. The molecule has 0 aliphatic carbocycles. The predicted octanol–water partition coefficient (Wildman–Crippen LogP) is 2.64. The van der Waals surface area contributed by atoms with E-state index in [1.165, 1.54) is 5.56 Å². The van der Waals surface area contributed by atoms with Crippen molar-refractivity contribution >= 4 is 0 Å². The fraction of sp³-hybridized carbons (Fsp3) is 0.455. The van der Waals surface area contributed by atoms with Gasteiger partial charge in [0.15, 0.2) is 0 Å². The Bertz CT molecular complexity index is 230. The Morgan fingerprint density at radius 2 is 2.31 bits per heavy atom. The van der Waals surface area contributed by atoms with Gasteiger partial charge in [0.2, 0.25) is 5.88 Å². The van der Waals surface area contributed by atoms with Gasteiger partial charge in [-0.05, 0) is 24.8 Å². The molecule has 0 amide bonds. The van der Waals surface area contributed by atoms with Crippen LogP contribution in [-0.4, -0.2) is 11.6 Å². The average Bonchev–Trinajstić information content (AvgIpc) is 2.17. The van der Waals surface area contributed by atoms with Crippen molar-refractivity contribution in [2.75, 3.05) is 6.61 Å². The molecule has 0 spiro atoms. The minimum absolute atomic E-state index is 0.717. The van der Waals surface area contributed by atoms with Crippen LogP contribution in [0.15, 0.2) is 18.3 Å². The molecule has 1 heterocycles. The minimum atomic E-state index is 0.717. The first-order valence-electron chi connectivity index (χ1n) is 4.73. The number of nitrogens with zero attached hydrogens (tertiary/aromatic N) is 1. The van der Waals surface area contributed by atoms with Crippen molar-refractivity contribution in [1.29, 1.82) is 0 Å². The van der Waals surface area contributed by atoms with Crippen molar-refractivity contribution in [3.8, 4) is 5.88 Å². The largest absolute Gasteiger partial charge is 0.478 e. The molecule has 0 bridgehead atoms. The van der Waals surface area contributed by atoms with E-state index in [1.807, 2.05) is 18.3 Å². The van der Waals surface area contributed by atoms with Crippen LogP contribution in [0.3, 0.4) is 0 Å². The second-order valence-electron chi connectivity index (χ2n) is 2.96. The molecule has 1 radical (unpaired) electrons. The second-order valence-corrected chi connectivity index (χ2v) is 2.96. The zero-order chi connectivity index (χ0) is 9.52. The third-order valence-electron chi connectivity index (χ3n) is 1.72. The van der Waals surface area contributed by atoms with Gasteiger partial charge in [-0.15, -0.1) is 0 Å². The molecule has 0 aromatic carbocycles. The Kier molecular flexibility index (Phi) is 4.30. The third-order valence-corrected chi connectivity index (χ3v) is 1.72. The van der Waals surface area contributed by atoms with Gasteiger partial charge in [0.05, 0.1) is 6.61 Å². The third kappa shape index (κ3) is 3.45. The lowest BCUT2D eigenvalue weighted by molar-refractivity contribution is 0.305. The van der Waals surface area contributed by atoms with Crippen LogP contribution in [0.4, 0.5) is 0 Å². The zero-order valence-electron chi connectivity index (χ0n) is 8.12. The normalized spacial score (nSPS) is 10.0. The van der Waals surface area contributed by atoms with Gasteiger partial charge in [-0.25, -0.2) is 4.98 Å². The lowest BCUT2D eigenvalue weighted by Crippen LogP contribution is -1.97. The Morgan fingerprint density at radius 1 is 1.46 bits per heavy atom. The van der Waals surface area contributed by atoms with Crippen LogP contribution in [0.5, 0.6) is 5.88 Å². The van der Waals surface area contributed by atoms with Crippen molar-refractivity contribution in [3.05, 3.63) is 30.8 Å². The van der Waals surface area contributed by atoms with Gasteiger partial charge in [0.1, 0.15) is 0 Å². The Balaban J connectivity index is 2.48. The molecule has 0 aliphatic rings. The van der Waals surface area contributed by atoms with Crippen LogP contribution in [-0.2, 0) is 6.42 Å². The molecule has 1 aromatic heterocycles. The number of hydrogen-bond donors (Lipinski definition) is 0. The van der Waals surface area contributed by atoms with Gasteiger partial charge in [-0.1, -0.05) is 19.9 Å². The SMILES string of the molecule is [CH2]CCc1ccc(OCCC)nc1. The monoisotopic (exact) mass is 178 g/mol. The summed E-state index contributed by atoms with van der Waals surface area (Å²) in [6.45, 7) is 6.61. The van der Waals surface area contributed by atoms with Crippen molar-refractivity contribution in [1.82, 2.24) is 4.98 Å². The standard InChI is InChI=1S/C11H16NO/c1-3-5-10-6-7-11(12-9-10)13-8-4-2/h6-7,9H,1,3-5,8H2,2H3. The van der Waals surface area contributed by atoms with Gasteiger partial charge in [0, 0.05) is 12.3 Å². The van der Waals surface area contributed by atoms with Crippen LogP contribution in [0.1, 0.15) is 25.3 Å². The summed E-state index contributed by atoms with van der Waals surface area (Å²) < 4.78 is 5.36. The number of rotatable bonds is 5. The first kappa shape index (κ1) is 10.0. The van der Waals surface area contributed by atoms with E-state index < -0.39 is 0 Å². The smallest absolute Gasteiger partial charge is 0.213 e. The molecular formula is C11H16NO. The summed E-state index contributed by atoms with van der Waals surface area (Å²) >= 11 is 0. The molecule has 0 saturated carbocycles. The highest BCUT2D eigenvalue weighted by atomic mass is 16.5. The van der Waals surface area contributed by atoms with Gasteiger partial charge in [0.25, 0.3) is 0 Å². The molecule has 0 aliphatic heterocycles. The van der Waals surface area contributed by atoms with Crippen molar-refractivity contribution in [3.63, 3.8) is 0 Å². The van der Waals surface area contributed by atoms with E-state index >= 15 is 0 Å². The van der Waals surface area contributed by atoms with Gasteiger partial charge in [-0.2, -0.15) is 0 Å². The maximum Gasteiger partial charge on any atom is 0.213 e. The van der Waals surface area contributed by atoms with Crippen LogP contribution in [0.2, 0.25) is 0 Å². The van der Waals surface area contributed by atoms with Crippen LogP contribution >= 0.6 is 0 Å². The summed E-state index contributed by atoms with van der Waals surface area (Å²) in [6.07, 6.45) is 4.77. The molecule has 0 atom stereocenters. The molecule has 2 nitrogen and oxygen atoms in total. The fourth-order valence-electron chi connectivity index (χ4n) is 1.05. The minimum Gasteiger partial charge on any atom is -0.478 e. The highest BCUT2D eigenvalue weighted by Gasteiger charge is 1.95. The summed E-state index contributed by atoms with van der Waals surface area (Å²) in [5.74, 6) is 0.717. The summed E-state index contributed by atoms with van der Waals surface area (Å²) in [5.41, 5.74) is 1.22. The summed E-state index contributed by atoms with van der Waals surface area (Å²) in [5, 5.41) is 0. The van der Waals surface area contributed by atoms with E-state index in [2.05, 4.69) is 18.8 Å². The van der Waals surface area contributed by atoms with Crippen molar-refractivity contribution < 1.29 is 4.74 Å². The molecular weight excluding hydrogens is 162 g/mol. The second kappa shape index (κ2) is 5.57. The highest BCUT2D eigenvalue weighted by Crippen LogP contribution is 2.08. The molecule has 0 unspecified atom stereocenters. The van der Waals surface area contributed by atoms with E-state index in [0.29, 0.717) is 0 Å². The van der Waals surface area contributed by atoms with E-state index in [0.717, 1.165) is 31.7 Å². The van der Waals surface area contributed by atoms with Crippen LogP contribution in [0.25, 0.3) is 0 Å². The van der Waals surface area contributed by atoms with E-state index in [4.69, 9.17) is 4.74 Å². The molecule has 13 heavy (non-hydrogen) atoms. The molecule has 71 valence electrons. The van der Waals surface area contributed by atoms with Gasteiger partial charge >= 0.3 is 0 Å². The maximum absolute atomic E-state index is 5.36. The summed E-state index contributed by atoms with van der Waals surface area (Å²) in [7, 11) is 0. The van der Waals surface area contributed by atoms with Crippen LogP contribution < -0.4 is 4.74 Å². The number of aryl methyl sites for hydroxylation is 1. The maximum atomic E-state index is 5.36. The highest BCUT2D eigenvalue weighted by molar-refractivity contribution is 5.17. The molecule has 2 heteroatoms. The number of pyridine rings is 1. The van der Waals surface area contributed by atoms with Gasteiger partial charge < -0.3 is 4.74 Å². The van der Waals surface area contributed by atoms with E-state index in [1.54, 1.807) is 0 Å². The Morgan fingerprint density at radius 3 is 2.85 bits per heavy atom. The zero-order valence-corrected chi connectivity index (χ0v) is 8.12. The van der Waals surface area contributed by atoms with Gasteiger partial charge in [-0.3, -0.25) is 0 Å². The molecule has 1 aromatic rings. The number of hydrogen-bond acceptors (Lipinski definition) is 2. The van der Waals surface area contributed by atoms with E-state index in [-0.39, 0.29) is 0 Å². The Hall–Kier alpha value is -1.05. The van der Waals surface area contributed by atoms with E-state index in [9.17, 15) is 0 Å². The van der Waals surface area contributed by atoms with Crippen LogP contribution in [0, 0.1) is 6.92 Å². The quantitative estimate of drug-likeness (QED) is 0.691. The lowest BCUT2D eigenvalue weighted by Gasteiger charge is -2.03. The molecule has 0 saturated heterocycles. The average molecular weight is 178 g/mol. The first-order chi connectivity index (χ1) is 6.36. The topological polar surface area (TPSA) is 22.1 Å². The lowest BCUT2D eigenvalue weighted by atomic mass is 10.2. The fourth-order valence-corrected chi connectivity index (χ4v) is 1.05. The summed E-state index contributed by atoms with van der Waals surface area (Å²) in [4.78, 5) is 4.18. The first-order valence-corrected chi connectivity index (χ1v) is 4.73. The Labute approximate surface area is 80.0 Å². The molecule has 1 rings (SSSR count). The molecule has 0 N–H and O–H groups in total. The number of ether oxygens (including phenoxy) is 1. The summed E-state index contributed by atoms with van der Waals surface area (Å²) in [6, 6.07) is 3.96. The molecule has 0 fully saturated rings. The number of aromatic nitrogens is 1. The van der Waals surface area contributed by atoms with Crippen molar-refractivity contribution in [2.24, 2.45) is 0 Å².